The Balaban J connectivity index is 5.01. The highest BCUT2D eigenvalue weighted by molar-refractivity contribution is 5.85. The monoisotopic (exact) mass is 921 g/mol. The van der Waals surface area contributed by atoms with E-state index in [0.717, 1.165) is 57.8 Å². The molecule has 0 aliphatic carbocycles. The molecular weight excluding hydrogens is 809 g/mol. The van der Waals surface area contributed by atoms with Gasteiger partial charge in [0.05, 0.1) is 24.4 Å². The lowest BCUT2D eigenvalue weighted by molar-refractivity contribution is -0.157. The smallest absolute Gasteiger partial charge is 0.306 e. The van der Waals surface area contributed by atoms with E-state index in [1.54, 1.807) is 7.11 Å². The predicted molar refractivity (Wildman–Crippen MR) is 278 cm³/mol. The van der Waals surface area contributed by atoms with Crippen molar-refractivity contribution in [3.8, 4) is 0 Å². The van der Waals surface area contributed by atoms with Crippen molar-refractivity contribution in [2.45, 2.75) is 323 Å². The molecule has 0 radical (unpaired) electrons. The first kappa shape index (κ1) is 63.3. The van der Waals surface area contributed by atoms with Crippen LogP contribution >= 0.6 is 0 Å². The second-order valence-electron chi connectivity index (χ2n) is 22.4. The van der Waals surface area contributed by atoms with Crippen LogP contribution < -0.4 is 10.6 Å². The normalized spacial score (nSPS) is 13.7. The van der Waals surface area contributed by atoms with Crippen molar-refractivity contribution in [1.82, 2.24) is 10.6 Å². The van der Waals surface area contributed by atoms with E-state index in [1.165, 1.54) is 154 Å². The van der Waals surface area contributed by atoms with E-state index < -0.39 is 11.6 Å². The summed E-state index contributed by atoms with van der Waals surface area (Å²) in [5.74, 6) is -0.828. The third kappa shape index (κ3) is 38.9. The number of methoxy groups -OCH3 is 1. The van der Waals surface area contributed by atoms with E-state index in [0.29, 0.717) is 19.4 Å². The summed E-state index contributed by atoms with van der Waals surface area (Å²) in [6.45, 7) is 22.1. The maximum Gasteiger partial charge on any atom is 0.306 e. The van der Waals surface area contributed by atoms with Gasteiger partial charge in [-0.3, -0.25) is 14.4 Å². The largest absolute Gasteiger partial charge is 0.450 e. The van der Waals surface area contributed by atoms with Crippen LogP contribution in [0.5, 0.6) is 0 Å². The van der Waals surface area contributed by atoms with Gasteiger partial charge in [0.2, 0.25) is 5.91 Å². The van der Waals surface area contributed by atoms with Crippen molar-refractivity contribution in [3.05, 3.63) is 0 Å². The molecule has 0 rings (SSSR count). The van der Waals surface area contributed by atoms with Crippen LogP contribution in [-0.4, -0.2) is 60.9 Å². The summed E-state index contributed by atoms with van der Waals surface area (Å²) in [7, 11) is 1.74. The predicted octanol–water partition coefficient (Wildman–Crippen LogP) is 16.2. The van der Waals surface area contributed by atoms with Crippen LogP contribution in [0.4, 0.5) is 0 Å². The average Bonchev–Trinajstić information content (AvgIpc) is 3.24. The number of esters is 1. The molecule has 0 bridgehead atoms. The number of carbonyl (C=O) groups is 3. The Morgan fingerprint density at radius 2 is 0.892 bits per heavy atom. The van der Waals surface area contributed by atoms with E-state index in [9.17, 15) is 14.4 Å². The highest BCUT2D eigenvalue weighted by Gasteiger charge is 2.38. The minimum Gasteiger partial charge on any atom is -0.450 e. The molecule has 0 fully saturated rings. The van der Waals surface area contributed by atoms with Crippen molar-refractivity contribution >= 4 is 17.8 Å². The Bertz CT molecular complexity index is 1150. The standard InChI is InChI=1S/C57H112N2O6/c1-12-15-17-19-21-23-25-27-29-31-33-35-37-39-41-43-51(60)58-47-50(65-52(61)44-42-40-38-36-34-32-30-28-26-24-22-20-18-16-13-2)53(62)59-55(6,7)48-54(4,5)49-57(10,14-3)64-46-45-56(8,9)63-11/h50H,12-49H2,1-11H3,(H,58,60)(H,59,62). The molecule has 2 amide bonds. The molecule has 0 spiro atoms. The van der Waals surface area contributed by atoms with Gasteiger partial charge in [-0.05, 0) is 78.6 Å². The molecule has 0 aromatic carbocycles. The molecule has 0 aliphatic heterocycles. The van der Waals surface area contributed by atoms with Gasteiger partial charge in [0.15, 0.2) is 6.10 Å². The third-order valence-corrected chi connectivity index (χ3v) is 13.7. The Morgan fingerprint density at radius 1 is 0.508 bits per heavy atom. The Morgan fingerprint density at radius 3 is 1.28 bits per heavy atom. The number of carbonyl (C=O) groups excluding carboxylic acids is 3. The summed E-state index contributed by atoms with van der Waals surface area (Å²) in [6.07, 6.45) is 40.9. The maximum absolute atomic E-state index is 13.9. The molecule has 8 nitrogen and oxygen atoms in total. The highest BCUT2D eigenvalue weighted by atomic mass is 16.5. The molecule has 0 aliphatic rings. The van der Waals surface area contributed by atoms with Crippen LogP contribution in [0.25, 0.3) is 0 Å². The molecular formula is C57H112N2O6. The summed E-state index contributed by atoms with van der Waals surface area (Å²) in [5, 5.41) is 6.16. The molecule has 8 heteroatoms. The summed E-state index contributed by atoms with van der Waals surface area (Å²) < 4.78 is 18.0. The maximum atomic E-state index is 13.9. The zero-order valence-corrected chi connectivity index (χ0v) is 45.4. The number of rotatable bonds is 47. The second-order valence-corrected chi connectivity index (χ2v) is 22.4. The van der Waals surface area contributed by atoms with Crippen LogP contribution in [0, 0.1) is 5.41 Å². The summed E-state index contributed by atoms with van der Waals surface area (Å²) >= 11 is 0. The summed E-state index contributed by atoms with van der Waals surface area (Å²) in [4.78, 5) is 40.1. The fourth-order valence-electron chi connectivity index (χ4n) is 9.65. The van der Waals surface area contributed by atoms with Crippen LogP contribution in [0.15, 0.2) is 0 Å². The van der Waals surface area contributed by atoms with Gasteiger partial charge in [-0.2, -0.15) is 0 Å². The number of amides is 2. The lowest BCUT2D eigenvalue weighted by atomic mass is 9.72. The van der Waals surface area contributed by atoms with Gasteiger partial charge < -0.3 is 24.8 Å². The van der Waals surface area contributed by atoms with Gasteiger partial charge in [-0.25, -0.2) is 0 Å². The molecule has 2 unspecified atom stereocenters. The fourth-order valence-corrected chi connectivity index (χ4v) is 9.65. The Kier molecular flexibility index (Phi) is 38.2. The van der Waals surface area contributed by atoms with Crippen molar-refractivity contribution in [2.24, 2.45) is 5.41 Å². The van der Waals surface area contributed by atoms with Gasteiger partial charge in [-0.1, -0.05) is 214 Å². The molecule has 2 atom stereocenters. The van der Waals surface area contributed by atoms with Gasteiger partial charge in [-0.15, -0.1) is 0 Å². The number of hydrogen-bond acceptors (Lipinski definition) is 6. The van der Waals surface area contributed by atoms with E-state index in [2.05, 4.69) is 66.0 Å². The molecule has 0 saturated carbocycles. The first-order valence-corrected chi connectivity index (χ1v) is 27.9. The van der Waals surface area contributed by atoms with E-state index in [-0.39, 0.29) is 47.4 Å². The number of nitrogens with one attached hydrogen (secondary N) is 2. The SMILES string of the molecule is CCCCCCCCCCCCCCCCCC(=O)NCC(OC(=O)CCCCCCCCCCCCCCCCC)C(=O)NC(C)(C)CC(C)(C)CC(C)(CC)OCCC(C)(C)OC. The van der Waals surface area contributed by atoms with Gasteiger partial charge in [0.25, 0.3) is 5.91 Å². The first-order valence-electron chi connectivity index (χ1n) is 27.9. The van der Waals surface area contributed by atoms with E-state index >= 15 is 0 Å². The lowest BCUT2D eigenvalue weighted by Crippen LogP contribution is -2.53. The van der Waals surface area contributed by atoms with Crippen molar-refractivity contribution < 1.29 is 28.6 Å². The highest BCUT2D eigenvalue weighted by Crippen LogP contribution is 2.39. The van der Waals surface area contributed by atoms with Gasteiger partial charge in [0, 0.05) is 25.5 Å². The average molecular weight is 922 g/mol. The molecule has 0 saturated heterocycles. The van der Waals surface area contributed by atoms with Gasteiger partial charge >= 0.3 is 5.97 Å². The Hall–Kier alpha value is -1.67. The zero-order chi connectivity index (χ0) is 48.7. The zero-order valence-electron chi connectivity index (χ0n) is 45.4. The molecule has 2 N–H and O–H groups in total. The van der Waals surface area contributed by atoms with Crippen molar-refractivity contribution in [3.63, 3.8) is 0 Å². The second kappa shape index (κ2) is 39.2. The molecule has 386 valence electrons. The minimum absolute atomic E-state index is 0.0208. The fraction of sp³-hybridized carbons (Fsp3) is 0.947. The van der Waals surface area contributed by atoms with Crippen LogP contribution in [-0.2, 0) is 28.6 Å². The molecule has 0 aromatic heterocycles. The lowest BCUT2D eigenvalue weighted by Gasteiger charge is -2.42. The summed E-state index contributed by atoms with van der Waals surface area (Å²) in [5.41, 5.74) is -1.33. The first-order chi connectivity index (χ1) is 30.9. The third-order valence-electron chi connectivity index (χ3n) is 13.7. The minimum atomic E-state index is -1.08. The topological polar surface area (TPSA) is 103 Å². The molecule has 0 aromatic rings. The molecule has 65 heavy (non-hydrogen) atoms. The number of ether oxygens (including phenoxy) is 3. The Labute approximate surface area is 404 Å². The number of hydrogen-bond donors (Lipinski definition) is 2. The van der Waals surface area contributed by atoms with E-state index in [4.69, 9.17) is 14.2 Å². The van der Waals surface area contributed by atoms with E-state index in [1.807, 2.05) is 13.8 Å². The van der Waals surface area contributed by atoms with Crippen LogP contribution in [0.2, 0.25) is 0 Å². The summed E-state index contributed by atoms with van der Waals surface area (Å²) in [6, 6.07) is 0. The van der Waals surface area contributed by atoms with Gasteiger partial charge in [0.1, 0.15) is 0 Å². The van der Waals surface area contributed by atoms with Crippen LogP contribution in [0.1, 0.15) is 300 Å². The van der Waals surface area contributed by atoms with Crippen LogP contribution in [0.3, 0.4) is 0 Å². The van der Waals surface area contributed by atoms with Crippen molar-refractivity contribution in [1.29, 1.82) is 0 Å². The number of unbranched alkanes of at least 4 members (excludes halogenated alkanes) is 28. The van der Waals surface area contributed by atoms with Crippen molar-refractivity contribution in [2.75, 3.05) is 20.3 Å². The molecule has 0 heterocycles. The quantitative estimate of drug-likeness (QED) is 0.0466.